The van der Waals surface area contributed by atoms with Crippen LogP contribution in [0, 0.1) is 0 Å². The third-order valence-electron chi connectivity index (χ3n) is 3.00. The van der Waals surface area contributed by atoms with Crippen LogP contribution in [-0.2, 0) is 6.54 Å². The van der Waals surface area contributed by atoms with Crippen molar-refractivity contribution < 1.29 is 0 Å². The van der Waals surface area contributed by atoms with Crippen LogP contribution < -0.4 is 10.6 Å². The molecule has 0 spiro atoms. The van der Waals surface area contributed by atoms with Gasteiger partial charge in [0.2, 0.25) is 5.95 Å². The fourth-order valence-electron chi connectivity index (χ4n) is 1.91. The van der Waals surface area contributed by atoms with Crippen LogP contribution in [0.15, 0.2) is 60.8 Å². The Kier molecular flexibility index (Phi) is 4.46. The molecule has 110 valence electrons. The van der Waals surface area contributed by atoms with Gasteiger partial charge in [-0.15, -0.1) is 5.10 Å². The topological polar surface area (TPSA) is 62.7 Å². The molecule has 3 rings (SSSR count). The number of anilines is 3. The minimum Gasteiger partial charge on any atom is -0.365 e. The lowest BCUT2D eigenvalue weighted by Gasteiger charge is -2.08. The first-order chi connectivity index (χ1) is 10.8. The Morgan fingerprint density at radius 3 is 2.55 bits per heavy atom. The van der Waals surface area contributed by atoms with E-state index in [9.17, 15) is 0 Å². The minimum absolute atomic E-state index is 0.395. The highest BCUT2D eigenvalue weighted by molar-refractivity contribution is 6.33. The maximum Gasteiger partial charge on any atom is 0.249 e. The van der Waals surface area contributed by atoms with Crippen molar-refractivity contribution in [3.63, 3.8) is 0 Å². The number of para-hydroxylation sites is 1. The summed E-state index contributed by atoms with van der Waals surface area (Å²) in [5, 5.41) is 14.8. The highest BCUT2D eigenvalue weighted by atomic mass is 35.5. The van der Waals surface area contributed by atoms with Crippen LogP contribution in [-0.4, -0.2) is 15.2 Å². The Balaban J connectivity index is 1.69. The molecule has 0 saturated heterocycles. The Morgan fingerprint density at radius 1 is 0.955 bits per heavy atom. The summed E-state index contributed by atoms with van der Waals surface area (Å²) in [7, 11) is 0. The van der Waals surface area contributed by atoms with Crippen molar-refractivity contribution in [2.75, 3.05) is 10.6 Å². The van der Waals surface area contributed by atoms with Crippen molar-refractivity contribution >= 4 is 29.1 Å². The molecule has 3 aromatic rings. The molecule has 2 aromatic carbocycles. The molecule has 0 fully saturated rings. The molecular weight excluding hydrogens is 298 g/mol. The molecule has 1 aromatic heterocycles. The number of aromatic nitrogens is 3. The maximum absolute atomic E-state index is 6.10. The number of halogens is 1. The summed E-state index contributed by atoms with van der Waals surface area (Å²) in [6.07, 6.45) is 1.58. The second kappa shape index (κ2) is 6.87. The largest absolute Gasteiger partial charge is 0.365 e. The zero-order chi connectivity index (χ0) is 15.2. The highest BCUT2D eigenvalue weighted by Gasteiger charge is 2.04. The van der Waals surface area contributed by atoms with Crippen molar-refractivity contribution in [1.29, 1.82) is 0 Å². The number of rotatable bonds is 5. The van der Waals surface area contributed by atoms with Gasteiger partial charge in [-0.25, -0.2) is 0 Å². The quantitative estimate of drug-likeness (QED) is 0.748. The predicted octanol–water partition coefficient (Wildman–Crippen LogP) is 3.88. The first-order valence-electron chi connectivity index (χ1n) is 6.80. The van der Waals surface area contributed by atoms with E-state index in [-0.39, 0.29) is 0 Å². The fraction of sp³-hybridized carbons (Fsp3) is 0.0625. The number of hydrogen-bond donors (Lipinski definition) is 2. The Hall–Kier alpha value is -2.66. The molecule has 0 aliphatic carbocycles. The van der Waals surface area contributed by atoms with Gasteiger partial charge in [0.15, 0.2) is 5.82 Å². The lowest BCUT2D eigenvalue weighted by Crippen LogP contribution is -2.05. The van der Waals surface area contributed by atoms with Gasteiger partial charge in [0.1, 0.15) is 0 Å². The summed E-state index contributed by atoms with van der Waals surface area (Å²) in [6, 6.07) is 17.5. The minimum atomic E-state index is 0.395. The zero-order valence-corrected chi connectivity index (χ0v) is 12.5. The van der Waals surface area contributed by atoms with Crippen molar-refractivity contribution in [2.45, 2.75) is 6.54 Å². The van der Waals surface area contributed by atoms with Gasteiger partial charge < -0.3 is 10.6 Å². The van der Waals surface area contributed by atoms with E-state index in [1.165, 1.54) is 5.56 Å². The van der Waals surface area contributed by atoms with Gasteiger partial charge in [-0.3, -0.25) is 0 Å². The summed E-state index contributed by atoms with van der Waals surface area (Å²) in [5.74, 6) is 1.04. The molecule has 5 nitrogen and oxygen atoms in total. The number of hydrogen-bond acceptors (Lipinski definition) is 5. The number of benzene rings is 2. The van der Waals surface area contributed by atoms with Crippen LogP contribution in [0.3, 0.4) is 0 Å². The molecule has 22 heavy (non-hydrogen) atoms. The van der Waals surface area contributed by atoms with E-state index in [0.29, 0.717) is 23.3 Å². The fourth-order valence-corrected chi connectivity index (χ4v) is 2.10. The molecule has 6 heteroatoms. The van der Waals surface area contributed by atoms with Crippen LogP contribution >= 0.6 is 11.6 Å². The van der Waals surface area contributed by atoms with Crippen molar-refractivity contribution in [3.05, 3.63) is 71.4 Å². The third kappa shape index (κ3) is 3.71. The van der Waals surface area contributed by atoms with Crippen molar-refractivity contribution in [2.24, 2.45) is 0 Å². The maximum atomic E-state index is 6.10. The van der Waals surface area contributed by atoms with E-state index < -0.39 is 0 Å². The van der Waals surface area contributed by atoms with E-state index in [0.717, 1.165) is 5.69 Å². The molecule has 0 radical (unpaired) electrons. The van der Waals surface area contributed by atoms with Gasteiger partial charge >= 0.3 is 0 Å². The van der Waals surface area contributed by atoms with Gasteiger partial charge in [0.05, 0.1) is 16.9 Å². The van der Waals surface area contributed by atoms with E-state index in [1.54, 1.807) is 12.3 Å². The van der Waals surface area contributed by atoms with Gasteiger partial charge in [-0.1, -0.05) is 54.1 Å². The van der Waals surface area contributed by atoms with E-state index in [1.807, 2.05) is 48.5 Å². The molecule has 0 unspecified atom stereocenters. The monoisotopic (exact) mass is 311 g/mol. The molecule has 0 aliphatic rings. The van der Waals surface area contributed by atoms with Crippen LogP contribution in [0.2, 0.25) is 5.02 Å². The van der Waals surface area contributed by atoms with Crippen LogP contribution in [0.25, 0.3) is 0 Å². The van der Waals surface area contributed by atoms with E-state index >= 15 is 0 Å². The van der Waals surface area contributed by atoms with Gasteiger partial charge in [0, 0.05) is 6.54 Å². The number of nitrogens with zero attached hydrogens (tertiary/aromatic N) is 3. The Labute approximate surface area is 133 Å². The Bertz CT molecular complexity index is 748. The number of nitrogens with one attached hydrogen (secondary N) is 2. The average Bonchev–Trinajstić information content (AvgIpc) is 2.57. The van der Waals surface area contributed by atoms with Crippen LogP contribution in [0.1, 0.15) is 5.56 Å². The first-order valence-corrected chi connectivity index (χ1v) is 7.18. The molecular formula is C16H14ClN5. The van der Waals surface area contributed by atoms with Gasteiger partial charge in [-0.05, 0) is 17.7 Å². The standard InChI is InChI=1S/C16H14ClN5/c17-13-8-4-5-9-14(13)20-16-21-15(11-19-22-16)18-10-12-6-2-1-3-7-12/h1-9,11H,10H2,(H2,18,20,21,22). The molecule has 1 heterocycles. The van der Waals surface area contributed by atoms with Crippen molar-refractivity contribution in [1.82, 2.24) is 15.2 Å². The Morgan fingerprint density at radius 2 is 1.73 bits per heavy atom. The molecule has 0 aliphatic heterocycles. The normalized spacial score (nSPS) is 10.2. The summed E-state index contributed by atoms with van der Waals surface area (Å²) in [5.41, 5.74) is 1.91. The lowest BCUT2D eigenvalue weighted by molar-refractivity contribution is 0.966. The van der Waals surface area contributed by atoms with Crippen LogP contribution in [0.4, 0.5) is 17.5 Å². The summed E-state index contributed by atoms with van der Waals surface area (Å²) >= 11 is 6.10. The average molecular weight is 312 g/mol. The molecule has 0 saturated carbocycles. The molecule has 2 N–H and O–H groups in total. The zero-order valence-electron chi connectivity index (χ0n) is 11.7. The van der Waals surface area contributed by atoms with Gasteiger partial charge in [-0.2, -0.15) is 10.1 Å². The van der Waals surface area contributed by atoms with Crippen molar-refractivity contribution in [3.8, 4) is 0 Å². The van der Waals surface area contributed by atoms with Gasteiger partial charge in [0.25, 0.3) is 0 Å². The predicted molar refractivity (Wildman–Crippen MR) is 88.3 cm³/mol. The third-order valence-corrected chi connectivity index (χ3v) is 3.33. The molecule has 0 atom stereocenters. The van der Waals surface area contributed by atoms with Crippen LogP contribution in [0.5, 0.6) is 0 Å². The smallest absolute Gasteiger partial charge is 0.249 e. The summed E-state index contributed by atoms with van der Waals surface area (Å²) in [4.78, 5) is 4.37. The van der Waals surface area contributed by atoms with E-state index in [4.69, 9.17) is 11.6 Å². The summed E-state index contributed by atoms with van der Waals surface area (Å²) in [6.45, 7) is 0.672. The van der Waals surface area contributed by atoms with E-state index in [2.05, 4.69) is 25.8 Å². The summed E-state index contributed by atoms with van der Waals surface area (Å²) < 4.78 is 0. The molecule has 0 bridgehead atoms. The highest BCUT2D eigenvalue weighted by Crippen LogP contribution is 2.23. The second-order valence-electron chi connectivity index (χ2n) is 4.61. The second-order valence-corrected chi connectivity index (χ2v) is 5.02. The first kappa shape index (κ1) is 14.3. The molecule has 0 amide bonds. The SMILES string of the molecule is Clc1ccccc1Nc1nncc(NCc2ccccc2)n1. The lowest BCUT2D eigenvalue weighted by atomic mass is 10.2.